The Morgan fingerprint density at radius 2 is 0.819 bits per heavy atom. The lowest BCUT2D eigenvalue weighted by molar-refractivity contribution is -0.125. The van der Waals surface area contributed by atoms with Gasteiger partial charge in [-0.15, -0.1) is 0 Å². The summed E-state index contributed by atoms with van der Waals surface area (Å²) in [6.45, 7) is 18.1. The Labute approximate surface area is 862 Å². The number of carbonyl (C=O) groups excluding carboxylic acids is 8. The molecule has 14 heterocycles. The van der Waals surface area contributed by atoms with Crippen LogP contribution in [-0.4, -0.2) is 266 Å². The van der Waals surface area contributed by atoms with Gasteiger partial charge in [-0.2, -0.15) is 15.3 Å². The molecule has 0 unspecified atom stereocenters. The SMILES string of the molecule is CCN1CCOCCOCCn2cc(c3ccccc32)C2=C(C(=O)NC2=O)c2nn(c3ccccc23)CC1.CN(C)CCCn1c2c(c3ccccc31)C1=C(C(=O)NC1=O)N(c1cccc(Cl)c1)C2.O=C1NC(=O)C(c2nn(CCO)c3ccccc23)=C1c1cn(CCOCCOCCO)c2ccccc12.O=C1NC(=O)C2=C1c1cn(c3ccccc13)CCOCCOCCN(Cc1ccccc1)CCn1nc2c2ccccc21. The van der Waals surface area contributed by atoms with E-state index < -0.39 is 35.4 Å². The summed E-state index contributed by atoms with van der Waals surface area (Å²) in [7, 11) is 4.13. The number of ether oxygens (including phenoxy) is 6. The minimum Gasteiger partial charge on any atom is -0.394 e. The molecule has 764 valence electrons. The largest absolute Gasteiger partial charge is 0.394 e. The van der Waals surface area contributed by atoms with Gasteiger partial charge in [0.15, 0.2) is 0 Å². The molecule has 7 aliphatic rings. The number of fused-ring (bicyclic) bond motifs is 30. The van der Waals surface area contributed by atoms with Gasteiger partial charge in [0.1, 0.15) is 22.8 Å². The first-order valence-corrected chi connectivity index (χ1v) is 50.8. The lowest BCUT2D eigenvalue weighted by atomic mass is 9.96. The molecule has 16 aromatic rings. The van der Waals surface area contributed by atoms with Crippen molar-refractivity contribution in [3.63, 3.8) is 0 Å². The second kappa shape index (κ2) is 46.0. The van der Waals surface area contributed by atoms with E-state index in [1.54, 1.807) is 10.7 Å². The van der Waals surface area contributed by atoms with Crippen molar-refractivity contribution in [1.82, 2.24) is 83.6 Å². The molecule has 7 aliphatic heterocycles. The van der Waals surface area contributed by atoms with Crippen LogP contribution in [0.1, 0.15) is 63.9 Å². The third-order valence-electron chi connectivity index (χ3n) is 27.7. The fourth-order valence-electron chi connectivity index (χ4n) is 20.8. The highest BCUT2D eigenvalue weighted by Crippen LogP contribution is 2.46. The van der Waals surface area contributed by atoms with Crippen LogP contribution in [0, 0.1) is 0 Å². The molecule has 0 saturated heterocycles. The summed E-state index contributed by atoms with van der Waals surface area (Å²) < 4.78 is 48.4. The third-order valence-corrected chi connectivity index (χ3v) is 28.0. The fourth-order valence-corrected chi connectivity index (χ4v) is 21.0. The molecule has 0 fully saturated rings. The van der Waals surface area contributed by atoms with Crippen molar-refractivity contribution in [3.05, 3.63) is 304 Å². The van der Waals surface area contributed by atoms with Gasteiger partial charge in [0.25, 0.3) is 47.3 Å². The highest BCUT2D eigenvalue weighted by Gasteiger charge is 2.45. The lowest BCUT2D eigenvalue weighted by Crippen LogP contribution is -2.32. The quantitative estimate of drug-likeness (QED) is 0.0305. The monoisotopic (exact) mass is 2030 g/mol. The number of carbonyl (C=O) groups is 8. The summed E-state index contributed by atoms with van der Waals surface area (Å²) in [5, 5.41) is 49.6. The number of imide groups is 4. The number of anilines is 1. The minimum atomic E-state index is -0.498. The lowest BCUT2D eigenvalue weighted by Gasteiger charge is -2.30. The molecule has 34 nitrogen and oxygen atoms in total. The molecule has 6 N–H and O–H groups in total. The maximum absolute atomic E-state index is 13.4. The molecule has 23 rings (SSSR count). The number of likely N-dealkylation sites (N-methyl/N-ethyl adjacent to an activating group) is 1. The molecule has 9 aromatic carbocycles. The van der Waals surface area contributed by atoms with Crippen molar-refractivity contribution in [2.24, 2.45) is 0 Å². The highest BCUT2D eigenvalue weighted by molar-refractivity contribution is 6.53. The molecule has 0 spiro atoms. The Balaban J connectivity index is 0.000000121. The first-order valence-electron chi connectivity index (χ1n) is 50.4. The molecule has 0 saturated carbocycles. The van der Waals surface area contributed by atoms with E-state index in [9.17, 15) is 43.5 Å². The summed E-state index contributed by atoms with van der Waals surface area (Å²) in [6.07, 6.45) is 6.75. The number of aromatic nitrogens is 10. The van der Waals surface area contributed by atoms with Gasteiger partial charge in [0, 0.05) is 176 Å². The number of nitrogens with zero attached hydrogens (tertiary/aromatic N) is 14. The van der Waals surface area contributed by atoms with Crippen molar-refractivity contribution >= 4 is 180 Å². The van der Waals surface area contributed by atoms with E-state index >= 15 is 0 Å². The van der Waals surface area contributed by atoms with E-state index in [2.05, 4.69) is 106 Å². The Morgan fingerprint density at radius 3 is 1.35 bits per heavy atom. The van der Waals surface area contributed by atoms with Gasteiger partial charge < -0.3 is 66.7 Å². The summed E-state index contributed by atoms with van der Waals surface area (Å²) >= 11 is 6.25. The zero-order valence-corrected chi connectivity index (χ0v) is 83.8. The van der Waals surface area contributed by atoms with Crippen LogP contribution in [-0.2, 0) is 126 Å². The van der Waals surface area contributed by atoms with Crippen LogP contribution in [0.5, 0.6) is 0 Å². The van der Waals surface area contributed by atoms with Crippen LogP contribution in [0.15, 0.2) is 249 Å². The number of hydrogen-bond acceptors (Lipinski definition) is 23. The van der Waals surface area contributed by atoms with Gasteiger partial charge in [0.2, 0.25) is 0 Å². The molecule has 8 amide bonds. The molecule has 149 heavy (non-hydrogen) atoms. The Bertz CT molecular complexity index is 7970. The Hall–Kier alpha value is -15.3. The van der Waals surface area contributed by atoms with Crippen LogP contribution in [0.4, 0.5) is 5.69 Å². The van der Waals surface area contributed by atoms with E-state index in [-0.39, 0.29) is 49.3 Å². The van der Waals surface area contributed by atoms with Crippen molar-refractivity contribution in [1.29, 1.82) is 0 Å². The second-order valence-corrected chi connectivity index (χ2v) is 37.6. The number of rotatable bonds is 20. The van der Waals surface area contributed by atoms with Crippen molar-refractivity contribution in [3.8, 4) is 0 Å². The zero-order valence-electron chi connectivity index (χ0n) is 83.1. The van der Waals surface area contributed by atoms with Crippen molar-refractivity contribution in [2.75, 3.05) is 151 Å². The number of aliphatic hydroxyl groups is 2. The van der Waals surface area contributed by atoms with E-state index in [4.69, 9.17) is 55.3 Å². The molecule has 0 atom stereocenters. The maximum Gasteiger partial charge on any atom is 0.275 e. The number of benzene rings is 9. The molecular weight excluding hydrogens is 1910 g/mol. The topological polar surface area (TPSA) is 367 Å². The van der Waals surface area contributed by atoms with Gasteiger partial charge in [-0.05, 0) is 99.8 Å². The number of hydrogen-bond donors (Lipinski definition) is 6. The standard InChI is InChI=1S/C34H33N5O4.C29H31N5O4.C27H28N4O6.C24H23ClN4O2/c40-33-30-27-23-38(28-12-6-4-10-25(27)28)17-19-43-21-20-42-18-16-37(22-24-8-2-1-3-9-24)14-15-39-29-13-7-5-11-26(29)32(36-39)31(30)34(41)35-33;1-2-32-11-12-34-24-10-6-4-8-21(24)27(31-34)26-25(28(35)30-29(26)36)22-19-33(23-9-5-3-7-20(22)23)14-16-38-18-17-37-15-13-32;32-11-9-31-22-8-4-2-6-19(22)25(29-31)24-23(26(34)28-27(24)35)20-17-30(21-7-3-1-5-18(20)21)10-13-36-15-16-37-14-12-33;1-27(2)11-6-12-28-18-10-4-3-9-17(18)20-19(28)14-29(16-8-5-7-15(25)13-16)22-21(20)23(30)26-24(22)31/h1-13,23H,14-22H2,(H,35,40,41);3-10,19H,2,11-18H2,1H3,(H,30,35,36);1-8,17,32-33H,9-16H2,(H,28,34,35);3-5,7-10,13H,6,11-12,14H2,1-2H3,(H,26,30,31). The summed E-state index contributed by atoms with van der Waals surface area (Å²) in [4.78, 5) is 114. The predicted molar refractivity (Wildman–Crippen MR) is 571 cm³/mol. The molecule has 8 bridgehead atoms. The second-order valence-electron chi connectivity index (χ2n) is 37.2. The van der Waals surface area contributed by atoms with Crippen LogP contribution >= 0.6 is 11.6 Å². The Morgan fingerprint density at radius 1 is 0.383 bits per heavy atom. The predicted octanol–water partition coefficient (Wildman–Crippen LogP) is 12.2. The average molecular weight is 2030 g/mol. The highest BCUT2D eigenvalue weighted by atomic mass is 35.5. The van der Waals surface area contributed by atoms with Gasteiger partial charge >= 0.3 is 0 Å². The number of para-hydroxylation sites is 7. The van der Waals surface area contributed by atoms with Gasteiger partial charge in [0.05, 0.1) is 174 Å². The average Bonchev–Trinajstić information content (AvgIpc) is 1.56. The van der Waals surface area contributed by atoms with E-state index in [1.165, 1.54) is 5.56 Å². The molecule has 7 aromatic heterocycles. The third kappa shape index (κ3) is 21.1. The number of aryl methyl sites for hydroxylation is 1. The molecule has 35 heteroatoms. The molecule has 0 radical (unpaired) electrons. The van der Waals surface area contributed by atoms with E-state index in [1.807, 2.05) is 225 Å². The number of halogens is 1. The minimum absolute atomic E-state index is 0.0243. The first-order chi connectivity index (χ1) is 72.9. The van der Waals surface area contributed by atoms with Crippen LogP contribution in [0.2, 0.25) is 5.02 Å². The van der Waals surface area contributed by atoms with Gasteiger partial charge in [-0.3, -0.25) is 83.5 Å². The smallest absolute Gasteiger partial charge is 0.275 e. The maximum atomic E-state index is 13.4. The fraction of sp³-hybridized carbons (Fsp3) is 0.289. The molecular formula is C114H115ClN18O16. The van der Waals surface area contributed by atoms with E-state index in [0.29, 0.717) is 179 Å². The zero-order chi connectivity index (χ0) is 103. The summed E-state index contributed by atoms with van der Waals surface area (Å²) in [6, 6.07) is 72.7. The number of aliphatic hydroxyl groups excluding tert-OH is 2. The van der Waals surface area contributed by atoms with Gasteiger partial charge in [-0.25, -0.2) is 0 Å². The van der Waals surface area contributed by atoms with Crippen molar-refractivity contribution in [2.45, 2.75) is 72.2 Å². The Kier molecular flexibility index (Phi) is 31.2. The molecule has 0 aliphatic carbocycles. The van der Waals surface area contributed by atoms with E-state index in [0.717, 1.165) is 158 Å². The first kappa shape index (κ1) is 101. The van der Waals surface area contributed by atoms with Crippen LogP contribution < -0.4 is 26.2 Å². The van der Waals surface area contributed by atoms with Crippen LogP contribution in [0.3, 0.4) is 0 Å². The summed E-state index contributed by atoms with van der Waals surface area (Å²) in [5.74, 6) is -3.33. The summed E-state index contributed by atoms with van der Waals surface area (Å²) in [5.41, 5.74) is 16.7. The van der Waals surface area contributed by atoms with Gasteiger partial charge in [-0.1, -0.05) is 182 Å². The number of nitrogens with one attached hydrogen (secondary N) is 4. The van der Waals surface area contributed by atoms with Crippen LogP contribution in [0.25, 0.3) is 115 Å². The van der Waals surface area contributed by atoms with Crippen molar-refractivity contribution < 1.29 is 77.0 Å². The normalized spacial score (nSPS) is 16.4. The number of amides is 8.